The molecule has 4 amide bonds. The number of carbonyl (C=O) groups is 4. The van der Waals surface area contributed by atoms with Gasteiger partial charge in [0, 0.05) is 7.05 Å². The van der Waals surface area contributed by atoms with E-state index in [4.69, 9.17) is 18.9 Å². The van der Waals surface area contributed by atoms with Crippen LogP contribution in [-0.4, -0.2) is 111 Å². The summed E-state index contributed by atoms with van der Waals surface area (Å²) < 4.78 is 78.1. The molecule has 0 fully saturated rings. The molecule has 0 aliphatic heterocycles. The molecule has 0 aliphatic rings. The number of rotatable bonds is 12. The highest BCUT2D eigenvalue weighted by atomic mass is 32.2. The number of aryl methyl sites for hydroxylation is 2. The van der Waals surface area contributed by atoms with E-state index < -0.39 is 49.1 Å². The highest BCUT2D eigenvalue weighted by Gasteiger charge is 2.30. The SMILES string of the molecule is CCOC(=O)c1cnn(C)c1S(=O)(=O)NC(=O)Nc1nc(OC)cc(OC)n1.COC(=O)c1sccc1S(=O)(=O)NC(=O)Nc1nc(C)nc(OC)n1. The van der Waals surface area contributed by atoms with Crippen LogP contribution in [0.4, 0.5) is 21.5 Å². The molecule has 0 atom stereocenters. The van der Waals surface area contributed by atoms with E-state index >= 15 is 0 Å². The van der Waals surface area contributed by atoms with Crippen molar-refractivity contribution >= 4 is 67.3 Å². The van der Waals surface area contributed by atoms with Gasteiger partial charge in [0.2, 0.25) is 23.7 Å². The first-order valence-electron chi connectivity index (χ1n) is 14.2. The van der Waals surface area contributed by atoms with Gasteiger partial charge in [0.15, 0.2) is 5.03 Å². The lowest BCUT2D eigenvalue weighted by atomic mass is 10.4. The van der Waals surface area contributed by atoms with Crippen LogP contribution in [0.15, 0.2) is 33.6 Å². The zero-order valence-electron chi connectivity index (χ0n) is 28.7. The lowest BCUT2D eigenvalue weighted by molar-refractivity contribution is 0.0520. The number of anilines is 2. The third kappa shape index (κ3) is 10.9. The monoisotopic (exact) mass is 801 g/mol. The molecule has 27 heteroatoms. The van der Waals surface area contributed by atoms with Gasteiger partial charge in [-0.1, -0.05) is 0 Å². The van der Waals surface area contributed by atoms with E-state index in [0.717, 1.165) is 29.3 Å². The van der Waals surface area contributed by atoms with E-state index in [2.05, 4.69) is 45.4 Å². The van der Waals surface area contributed by atoms with Crippen LogP contribution in [0.1, 0.15) is 32.8 Å². The fourth-order valence-corrected chi connectivity index (χ4v) is 7.17. The molecule has 4 aromatic rings. The number of nitrogens with one attached hydrogen (secondary N) is 4. The maximum Gasteiger partial charge on any atom is 0.349 e. The topological polar surface area (TPSA) is 313 Å². The van der Waals surface area contributed by atoms with Crippen LogP contribution in [0, 0.1) is 6.92 Å². The Morgan fingerprint density at radius 1 is 0.811 bits per heavy atom. The van der Waals surface area contributed by atoms with Crippen LogP contribution in [0.25, 0.3) is 0 Å². The maximum atomic E-state index is 12.6. The summed E-state index contributed by atoms with van der Waals surface area (Å²) in [6.45, 7) is 3.14. The van der Waals surface area contributed by atoms with E-state index in [9.17, 15) is 36.0 Å². The number of nitrogens with zero attached hydrogens (tertiary/aromatic N) is 7. The second kappa shape index (κ2) is 17.8. The predicted molar refractivity (Wildman–Crippen MR) is 180 cm³/mol. The second-order valence-corrected chi connectivity index (χ2v) is 13.6. The van der Waals surface area contributed by atoms with Gasteiger partial charge in [-0.05, 0) is 25.3 Å². The quantitative estimate of drug-likeness (QED) is 0.141. The third-order valence-corrected chi connectivity index (χ3v) is 9.68. The van der Waals surface area contributed by atoms with E-state index in [1.54, 1.807) is 16.4 Å². The summed E-state index contributed by atoms with van der Waals surface area (Å²) in [5.41, 5.74) is -0.316. The van der Waals surface area contributed by atoms with Gasteiger partial charge in [-0.3, -0.25) is 15.3 Å². The van der Waals surface area contributed by atoms with Gasteiger partial charge in [0.1, 0.15) is 21.2 Å². The maximum absolute atomic E-state index is 12.6. The minimum Gasteiger partial charge on any atom is -0.481 e. The zero-order valence-corrected chi connectivity index (χ0v) is 31.1. The first-order valence-corrected chi connectivity index (χ1v) is 18.1. The molecule has 0 radical (unpaired) electrons. The number of ether oxygens (including phenoxy) is 5. The van der Waals surface area contributed by atoms with Crippen molar-refractivity contribution in [3.63, 3.8) is 0 Å². The molecule has 0 aliphatic carbocycles. The first kappa shape index (κ1) is 41.2. The lowest BCUT2D eigenvalue weighted by Gasteiger charge is -2.10. The van der Waals surface area contributed by atoms with Crippen LogP contribution in [0.5, 0.6) is 17.8 Å². The minimum absolute atomic E-state index is 0.0378. The van der Waals surface area contributed by atoms with Gasteiger partial charge in [-0.25, -0.2) is 37.0 Å². The van der Waals surface area contributed by atoms with E-state index in [1.165, 1.54) is 52.8 Å². The number of hydrogen-bond acceptors (Lipinski definition) is 20. The van der Waals surface area contributed by atoms with Crippen molar-refractivity contribution in [2.24, 2.45) is 7.05 Å². The van der Waals surface area contributed by atoms with Gasteiger partial charge in [0.25, 0.3) is 20.0 Å². The van der Waals surface area contributed by atoms with E-state index in [0.29, 0.717) is 0 Å². The molecule has 0 unspecified atom stereocenters. The average Bonchev–Trinajstić information content (AvgIpc) is 3.75. The summed E-state index contributed by atoms with van der Waals surface area (Å²) in [6, 6.07) is 0.210. The third-order valence-electron chi connectivity index (χ3n) is 5.84. The smallest absolute Gasteiger partial charge is 0.349 e. The Labute approximate surface area is 304 Å². The molecular formula is C26H31N11O13S3. The summed E-state index contributed by atoms with van der Waals surface area (Å²) in [4.78, 5) is 66.2. The Morgan fingerprint density at radius 2 is 1.40 bits per heavy atom. The normalized spacial score (nSPS) is 10.8. The Kier molecular flexibility index (Phi) is 13.9. The fraction of sp³-hybridized carbons (Fsp3) is 0.308. The highest BCUT2D eigenvalue weighted by Crippen LogP contribution is 2.23. The molecule has 4 heterocycles. The van der Waals surface area contributed by atoms with Gasteiger partial charge < -0.3 is 23.7 Å². The van der Waals surface area contributed by atoms with Gasteiger partial charge in [-0.15, -0.1) is 11.3 Å². The van der Waals surface area contributed by atoms with Crippen LogP contribution in [-0.2, 0) is 36.6 Å². The number of aromatic nitrogens is 7. The van der Waals surface area contributed by atoms with Crippen LogP contribution in [0.3, 0.4) is 0 Å². The second-order valence-electron chi connectivity index (χ2n) is 9.40. The number of esters is 2. The number of hydrogen-bond donors (Lipinski definition) is 4. The fourth-order valence-electron chi connectivity index (χ4n) is 3.72. The lowest BCUT2D eigenvalue weighted by Crippen LogP contribution is -2.36. The Hall–Kier alpha value is -6.22. The summed E-state index contributed by atoms with van der Waals surface area (Å²) in [5, 5.41) is 8.88. The number of urea groups is 2. The van der Waals surface area contributed by atoms with Crippen LogP contribution < -0.4 is 34.3 Å². The van der Waals surface area contributed by atoms with Gasteiger partial charge >= 0.3 is 30.0 Å². The van der Waals surface area contributed by atoms with Crippen molar-refractivity contribution in [1.82, 2.24) is 44.1 Å². The Balaban J connectivity index is 0.000000287. The number of methoxy groups -OCH3 is 4. The summed E-state index contributed by atoms with van der Waals surface area (Å²) in [6.07, 6.45) is 1.03. The van der Waals surface area contributed by atoms with Crippen LogP contribution in [0.2, 0.25) is 0 Å². The van der Waals surface area contributed by atoms with Crippen molar-refractivity contribution in [3.05, 3.63) is 40.0 Å². The van der Waals surface area contributed by atoms with Crippen molar-refractivity contribution in [1.29, 1.82) is 0 Å². The number of amides is 4. The molecule has 286 valence electrons. The molecule has 0 saturated heterocycles. The molecule has 0 spiro atoms. The standard InChI is InChI=1S/C14H18N6O7S.C12H13N5O6S2/c1-5-27-12(21)8-7-15-20(2)11(8)28(23,24)19-14(22)18-13-16-9(25-3)6-10(17-13)26-4;1-6-13-10(16-12(14-6)23-3)15-11(19)17-25(20,21)7-4-5-24-8(7)9(18)22-2/h6-7H,5H2,1-4H3,(H2,16,17,18,19,22);4-5H,1-3H3,(H2,13,14,15,16,17,19). The molecule has 4 N–H and O–H groups in total. The zero-order chi connectivity index (χ0) is 39.5. The summed E-state index contributed by atoms with van der Waals surface area (Å²) in [7, 11) is -2.35. The Morgan fingerprint density at radius 3 is 1.94 bits per heavy atom. The summed E-state index contributed by atoms with van der Waals surface area (Å²) >= 11 is 0.872. The first-order chi connectivity index (χ1) is 25.0. The van der Waals surface area contributed by atoms with E-state index in [1.807, 2.05) is 0 Å². The molecule has 4 aromatic heterocycles. The number of sulfonamides is 2. The van der Waals surface area contributed by atoms with Crippen molar-refractivity contribution in [3.8, 4) is 17.8 Å². The van der Waals surface area contributed by atoms with Gasteiger partial charge in [0.05, 0.1) is 47.3 Å². The highest BCUT2D eigenvalue weighted by molar-refractivity contribution is 7.90. The molecule has 24 nitrogen and oxygen atoms in total. The molecule has 4 rings (SSSR count). The molecule has 53 heavy (non-hydrogen) atoms. The molecule has 0 aromatic carbocycles. The summed E-state index contributed by atoms with van der Waals surface area (Å²) in [5.74, 6) is -1.75. The van der Waals surface area contributed by atoms with Gasteiger partial charge in [-0.2, -0.15) is 38.4 Å². The van der Waals surface area contributed by atoms with E-state index in [-0.39, 0.29) is 57.4 Å². The molecule has 0 saturated carbocycles. The number of thiophene rings is 1. The largest absolute Gasteiger partial charge is 0.481 e. The van der Waals surface area contributed by atoms with Crippen molar-refractivity contribution in [2.45, 2.75) is 23.8 Å². The predicted octanol–water partition coefficient (Wildman–Crippen LogP) is 0.462. The Bertz CT molecular complexity index is 2190. The number of carbonyl (C=O) groups excluding carboxylic acids is 4. The molecular weight excluding hydrogens is 771 g/mol. The van der Waals surface area contributed by atoms with Crippen LogP contribution >= 0.6 is 11.3 Å². The van der Waals surface area contributed by atoms with Crippen molar-refractivity contribution < 1.29 is 59.7 Å². The molecule has 0 bridgehead atoms. The average molecular weight is 802 g/mol. The van der Waals surface area contributed by atoms with Crippen molar-refractivity contribution in [2.75, 3.05) is 45.7 Å². The minimum atomic E-state index is -4.47.